The molecule has 0 saturated carbocycles. The average molecular weight is 519 g/mol. The van der Waals surface area contributed by atoms with E-state index in [4.69, 9.17) is 4.74 Å². The SMILES string of the molecule is Fc1cccc(-c2cccc3[nH]c(-c4n[nH]c5cnc(-c6cncc(OCCN7CCCC7)c6)cc45)cc23)c1. The summed E-state index contributed by atoms with van der Waals surface area (Å²) in [5, 5.41) is 9.66. The molecular formula is C31H27FN6O. The van der Waals surface area contributed by atoms with Gasteiger partial charge >= 0.3 is 0 Å². The maximum absolute atomic E-state index is 13.9. The lowest BCUT2D eigenvalue weighted by atomic mass is 10.0. The number of ether oxygens (including phenoxy) is 1. The quantitative estimate of drug-likeness (QED) is 0.254. The number of nitrogens with one attached hydrogen (secondary N) is 2. The fraction of sp³-hybridized carbons (Fsp3) is 0.194. The van der Waals surface area contributed by atoms with Gasteiger partial charge in [-0.1, -0.05) is 24.3 Å². The van der Waals surface area contributed by atoms with Gasteiger partial charge < -0.3 is 9.72 Å². The molecule has 4 aromatic heterocycles. The number of rotatable bonds is 7. The molecule has 5 heterocycles. The van der Waals surface area contributed by atoms with Crippen LogP contribution >= 0.6 is 0 Å². The predicted molar refractivity (Wildman–Crippen MR) is 151 cm³/mol. The molecule has 0 amide bonds. The number of aromatic amines is 2. The summed E-state index contributed by atoms with van der Waals surface area (Å²) in [4.78, 5) is 15.0. The Morgan fingerprint density at radius 2 is 1.77 bits per heavy atom. The lowest BCUT2D eigenvalue weighted by Gasteiger charge is -2.15. The number of hydrogen-bond donors (Lipinski definition) is 2. The number of likely N-dealkylation sites (tertiary alicyclic amines) is 1. The normalized spacial score (nSPS) is 14.0. The van der Waals surface area contributed by atoms with Crippen LogP contribution in [0.25, 0.3) is 55.6 Å². The van der Waals surface area contributed by atoms with Crippen molar-refractivity contribution in [2.24, 2.45) is 0 Å². The van der Waals surface area contributed by atoms with Crippen LogP contribution in [0.5, 0.6) is 5.75 Å². The van der Waals surface area contributed by atoms with E-state index in [1.807, 2.05) is 36.4 Å². The first-order chi connectivity index (χ1) is 19.2. The maximum Gasteiger partial charge on any atom is 0.138 e. The fourth-order valence-electron chi connectivity index (χ4n) is 5.41. The minimum atomic E-state index is -0.255. The number of aromatic nitrogens is 5. The van der Waals surface area contributed by atoms with Gasteiger partial charge in [-0.2, -0.15) is 5.10 Å². The van der Waals surface area contributed by atoms with E-state index in [9.17, 15) is 4.39 Å². The van der Waals surface area contributed by atoms with Crippen LogP contribution in [0, 0.1) is 5.82 Å². The molecule has 0 spiro atoms. The van der Waals surface area contributed by atoms with Crippen LogP contribution in [-0.4, -0.2) is 56.3 Å². The minimum Gasteiger partial charge on any atom is -0.491 e. The second kappa shape index (κ2) is 9.96. The van der Waals surface area contributed by atoms with Crippen molar-refractivity contribution >= 4 is 21.8 Å². The van der Waals surface area contributed by atoms with Crippen LogP contribution in [-0.2, 0) is 0 Å². The smallest absolute Gasteiger partial charge is 0.138 e. The van der Waals surface area contributed by atoms with Crippen LogP contribution in [0.1, 0.15) is 12.8 Å². The molecule has 0 bridgehead atoms. The van der Waals surface area contributed by atoms with Gasteiger partial charge in [-0.3, -0.25) is 20.0 Å². The molecule has 0 atom stereocenters. The number of pyridine rings is 2. The Balaban J connectivity index is 1.20. The summed E-state index contributed by atoms with van der Waals surface area (Å²) in [7, 11) is 0. The van der Waals surface area contributed by atoms with Gasteiger partial charge in [-0.25, -0.2) is 4.39 Å². The molecule has 6 aromatic rings. The molecule has 7 nitrogen and oxygen atoms in total. The molecule has 1 saturated heterocycles. The molecule has 0 aliphatic carbocycles. The number of fused-ring (bicyclic) bond motifs is 2. The van der Waals surface area contributed by atoms with Gasteiger partial charge in [-0.05, 0) is 73.5 Å². The summed E-state index contributed by atoms with van der Waals surface area (Å²) >= 11 is 0. The Hall–Kier alpha value is -4.56. The monoisotopic (exact) mass is 518 g/mol. The number of H-pyrrole nitrogens is 2. The van der Waals surface area contributed by atoms with E-state index in [1.165, 1.54) is 18.9 Å². The van der Waals surface area contributed by atoms with Crippen molar-refractivity contribution in [3.05, 3.63) is 85.1 Å². The van der Waals surface area contributed by atoms with Gasteiger partial charge in [0.05, 0.1) is 29.3 Å². The largest absolute Gasteiger partial charge is 0.491 e. The molecule has 1 aliphatic rings. The predicted octanol–water partition coefficient (Wildman–Crippen LogP) is 6.45. The number of benzene rings is 2. The zero-order chi connectivity index (χ0) is 26.2. The summed E-state index contributed by atoms with van der Waals surface area (Å²) in [6.07, 6.45) is 7.88. The Morgan fingerprint density at radius 3 is 2.67 bits per heavy atom. The number of halogens is 1. The highest BCUT2D eigenvalue weighted by Gasteiger charge is 2.16. The van der Waals surface area contributed by atoms with Crippen LogP contribution in [0.15, 0.2) is 79.3 Å². The van der Waals surface area contributed by atoms with Crippen molar-refractivity contribution in [2.75, 3.05) is 26.2 Å². The summed E-state index contributed by atoms with van der Waals surface area (Å²) in [5.41, 5.74) is 6.93. The van der Waals surface area contributed by atoms with Gasteiger partial charge in [0.1, 0.15) is 23.9 Å². The summed E-state index contributed by atoms with van der Waals surface area (Å²) in [5.74, 6) is 0.482. The zero-order valence-electron chi connectivity index (χ0n) is 21.3. The molecular weight excluding hydrogens is 491 g/mol. The molecule has 0 radical (unpaired) electrons. The molecule has 194 valence electrons. The van der Waals surface area contributed by atoms with E-state index in [0.717, 1.165) is 81.0 Å². The van der Waals surface area contributed by atoms with Crippen molar-refractivity contribution in [3.63, 3.8) is 0 Å². The van der Waals surface area contributed by atoms with E-state index in [0.29, 0.717) is 6.61 Å². The molecule has 2 aromatic carbocycles. The van der Waals surface area contributed by atoms with Gasteiger partial charge in [0.2, 0.25) is 0 Å². The lowest BCUT2D eigenvalue weighted by Crippen LogP contribution is -2.25. The Kier molecular flexibility index (Phi) is 6.01. The molecule has 1 aliphatic heterocycles. The van der Waals surface area contributed by atoms with Crippen LogP contribution < -0.4 is 4.74 Å². The third kappa shape index (κ3) is 4.64. The average Bonchev–Trinajstić information content (AvgIpc) is 3.72. The van der Waals surface area contributed by atoms with E-state index in [-0.39, 0.29) is 5.82 Å². The van der Waals surface area contributed by atoms with E-state index < -0.39 is 0 Å². The van der Waals surface area contributed by atoms with Crippen molar-refractivity contribution in [1.82, 2.24) is 30.0 Å². The Morgan fingerprint density at radius 1 is 0.872 bits per heavy atom. The maximum atomic E-state index is 13.9. The highest BCUT2D eigenvalue weighted by molar-refractivity contribution is 6.01. The van der Waals surface area contributed by atoms with E-state index in [2.05, 4.69) is 36.1 Å². The molecule has 1 fully saturated rings. The standard InChI is InChI=1S/C31H27FN6O/c32-22-6-3-5-20(13-22)24-7-4-8-27-25(24)15-29(35-27)31-26-16-28(34-19-30(26)36-37-31)21-14-23(18-33-17-21)39-12-11-38-9-1-2-10-38/h3-8,13-19,35H,1-2,9-12H2,(H,36,37). The van der Waals surface area contributed by atoms with Gasteiger partial charge in [0.15, 0.2) is 0 Å². The van der Waals surface area contributed by atoms with Gasteiger partial charge in [-0.15, -0.1) is 0 Å². The zero-order valence-corrected chi connectivity index (χ0v) is 21.3. The van der Waals surface area contributed by atoms with Crippen molar-refractivity contribution < 1.29 is 9.13 Å². The second-order valence-corrected chi connectivity index (χ2v) is 9.95. The third-order valence-electron chi connectivity index (χ3n) is 7.39. The first kappa shape index (κ1) is 23.5. The van der Waals surface area contributed by atoms with E-state index in [1.54, 1.807) is 30.7 Å². The molecule has 2 N–H and O–H groups in total. The van der Waals surface area contributed by atoms with Gasteiger partial charge in [0, 0.05) is 34.6 Å². The van der Waals surface area contributed by atoms with Crippen molar-refractivity contribution in [1.29, 1.82) is 0 Å². The molecule has 7 rings (SSSR count). The highest BCUT2D eigenvalue weighted by Crippen LogP contribution is 2.35. The molecule has 8 heteroatoms. The highest BCUT2D eigenvalue weighted by atomic mass is 19.1. The van der Waals surface area contributed by atoms with Crippen molar-refractivity contribution in [2.45, 2.75) is 12.8 Å². The lowest BCUT2D eigenvalue weighted by molar-refractivity contribution is 0.237. The van der Waals surface area contributed by atoms with E-state index >= 15 is 0 Å². The van der Waals surface area contributed by atoms with Crippen LogP contribution in [0.2, 0.25) is 0 Å². The summed E-state index contributed by atoms with van der Waals surface area (Å²) in [6, 6.07) is 18.7. The van der Waals surface area contributed by atoms with Gasteiger partial charge in [0.25, 0.3) is 0 Å². The first-order valence-corrected chi connectivity index (χ1v) is 13.2. The second-order valence-electron chi connectivity index (χ2n) is 9.95. The fourth-order valence-corrected chi connectivity index (χ4v) is 5.41. The van der Waals surface area contributed by atoms with Crippen LogP contribution in [0.3, 0.4) is 0 Å². The topological polar surface area (TPSA) is 82.7 Å². The van der Waals surface area contributed by atoms with Crippen molar-refractivity contribution in [3.8, 4) is 39.5 Å². The summed E-state index contributed by atoms with van der Waals surface area (Å²) < 4.78 is 19.9. The number of hydrogen-bond acceptors (Lipinski definition) is 5. The Labute approximate surface area is 224 Å². The summed E-state index contributed by atoms with van der Waals surface area (Å²) in [6.45, 7) is 3.88. The number of nitrogens with zero attached hydrogens (tertiary/aromatic N) is 4. The molecule has 0 unspecified atom stereocenters. The Bertz CT molecular complexity index is 1790. The third-order valence-corrected chi connectivity index (χ3v) is 7.39. The minimum absolute atomic E-state index is 0.255. The first-order valence-electron chi connectivity index (χ1n) is 13.2. The van der Waals surface area contributed by atoms with Crippen LogP contribution in [0.4, 0.5) is 4.39 Å². The molecule has 39 heavy (non-hydrogen) atoms.